The van der Waals surface area contributed by atoms with Crippen LogP contribution in [0.2, 0.25) is 5.02 Å². The molecule has 192 valence electrons. The molecule has 1 saturated carbocycles. The Labute approximate surface area is 220 Å². The number of fused-ring (bicyclic) bond motifs is 1. The van der Waals surface area contributed by atoms with E-state index in [0.29, 0.717) is 45.7 Å². The Balaban J connectivity index is 1.31. The maximum Gasteiger partial charge on any atom is 0.175 e. The number of H-pyrrole nitrogens is 1. The van der Waals surface area contributed by atoms with Gasteiger partial charge in [0.1, 0.15) is 12.4 Å². The summed E-state index contributed by atoms with van der Waals surface area (Å²) in [6.45, 7) is -0.356. The summed E-state index contributed by atoms with van der Waals surface area (Å²) < 4.78 is 23.7. The van der Waals surface area contributed by atoms with Crippen LogP contribution in [0.1, 0.15) is 43.6 Å². The minimum atomic E-state index is -3.32. The van der Waals surface area contributed by atoms with Gasteiger partial charge in [0.05, 0.1) is 32.2 Å². The van der Waals surface area contributed by atoms with E-state index in [9.17, 15) is 13.2 Å². The van der Waals surface area contributed by atoms with Crippen molar-refractivity contribution in [2.75, 3.05) is 12.9 Å². The standard InChI is InChI=1S/C28H28ClN3O4S/c1-37(35,36)22-10-11-25-27(13-22)32-28(31-25)23-15-30-26(14-24(23)29)20-8-6-19(7-9-20)18-4-2-17(3-5-18)12-21(34)16-33/h6-11,13-15,17-18,33H,2-5,12,16H2,1H3,(H,31,32). The van der Waals surface area contributed by atoms with Gasteiger partial charge in [0.15, 0.2) is 15.6 Å². The summed E-state index contributed by atoms with van der Waals surface area (Å²) in [7, 11) is -3.32. The number of aliphatic hydroxyl groups is 1. The Morgan fingerprint density at radius 1 is 1.08 bits per heavy atom. The molecule has 2 N–H and O–H groups in total. The van der Waals surface area contributed by atoms with Crippen molar-refractivity contribution in [3.05, 3.63) is 65.3 Å². The van der Waals surface area contributed by atoms with Gasteiger partial charge in [-0.1, -0.05) is 35.9 Å². The van der Waals surface area contributed by atoms with Crippen molar-refractivity contribution in [3.8, 4) is 22.6 Å². The molecule has 0 spiro atoms. The predicted molar refractivity (Wildman–Crippen MR) is 144 cm³/mol. The summed E-state index contributed by atoms with van der Waals surface area (Å²) in [4.78, 5) is 24.1. The van der Waals surface area contributed by atoms with E-state index in [-0.39, 0.29) is 17.3 Å². The zero-order valence-corrected chi connectivity index (χ0v) is 22.0. The quantitative estimate of drug-likeness (QED) is 0.318. The lowest BCUT2D eigenvalue weighted by Gasteiger charge is -2.28. The highest BCUT2D eigenvalue weighted by atomic mass is 35.5. The maximum atomic E-state index is 11.9. The molecule has 4 aromatic rings. The second-order valence-electron chi connectivity index (χ2n) is 9.83. The summed E-state index contributed by atoms with van der Waals surface area (Å²) in [6, 6.07) is 15.0. The number of aliphatic hydroxyl groups excluding tert-OH is 1. The number of Topliss-reactive ketones (excluding diaryl/α,β-unsaturated/α-hetero) is 1. The number of rotatable bonds is 7. The molecular weight excluding hydrogens is 510 g/mol. The van der Waals surface area contributed by atoms with E-state index in [1.807, 2.05) is 6.07 Å². The Bertz CT molecular complexity index is 1560. The van der Waals surface area contributed by atoms with Crippen LogP contribution >= 0.6 is 11.6 Å². The normalized spacial score (nSPS) is 18.2. The molecule has 5 rings (SSSR count). The van der Waals surface area contributed by atoms with Gasteiger partial charge in [-0.15, -0.1) is 0 Å². The van der Waals surface area contributed by atoms with Crippen LogP contribution in [-0.2, 0) is 14.6 Å². The number of carbonyl (C=O) groups is 1. The highest BCUT2D eigenvalue weighted by Gasteiger charge is 2.24. The molecule has 9 heteroatoms. The number of hydrogen-bond acceptors (Lipinski definition) is 6. The van der Waals surface area contributed by atoms with E-state index in [4.69, 9.17) is 16.7 Å². The minimum Gasteiger partial charge on any atom is -0.389 e. The molecule has 0 radical (unpaired) electrons. The largest absolute Gasteiger partial charge is 0.389 e. The number of sulfone groups is 1. The molecule has 0 amide bonds. The molecule has 0 atom stereocenters. The maximum absolute atomic E-state index is 11.9. The number of nitrogens with zero attached hydrogens (tertiary/aromatic N) is 2. The number of aromatic nitrogens is 3. The van der Waals surface area contributed by atoms with E-state index >= 15 is 0 Å². The molecule has 2 heterocycles. The Hall–Kier alpha value is -3.07. The molecule has 0 aliphatic heterocycles. The summed E-state index contributed by atoms with van der Waals surface area (Å²) in [5.41, 5.74) is 4.89. The topological polar surface area (TPSA) is 113 Å². The van der Waals surface area contributed by atoms with Gasteiger partial charge in [0, 0.05) is 24.4 Å². The van der Waals surface area contributed by atoms with Gasteiger partial charge >= 0.3 is 0 Å². The van der Waals surface area contributed by atoms with Crippen LogP contribution in [0.5, 0.6) is 0 Å². The Morgan fingerprint density at radius 2 is 1.81 bits per heavy atom. The average molecular weight is 538 g/mol. The third-order valence-electron chi connectivity index (χ3n) is 7.21. The lowest BCUT2D eigenvalue weighted by molar-refractivity contribution is -0.122. The smallest absolute Gasteiger partial charge is 0.175 e. The zero-order valence-electron chi connectivity index (χ0n) is 20.4. The SMILES string of the molecule is CS(=O)(=O)c1ccc2nc(-c3cnc(-c4ccc(C5CCC(CC(=O)CO)CC5)cc4)cc3Cl)[nH]c2c1. The van der Waals surface area contributed by atoms with Gasteiger partial charge in [-0.3, -0.25) is 9.78 Å². The molecule has 7 nitrogen and oxygen atoms in total. The van der Waals surface area contributed by atoms with Crippen LogP contribution in [0.3, 0.4) is 0 Å². The van der Waals surface area contributed by atoms with Gasteiger partial charge in [-0.2, -0.15) is 0 Å². The molecule has 0 unspecified atom stereocenters. The second-order valence-corrected chi connectivity index (χ2v) is 12.2. The molecule has 1 aliphatic rings. The van der Waals surface area contributed by atoms with E-state index < -0.39 is 9.84 Å². The van der Waals surface area contributed by atoms with Crippen LogP contribution in [0.15, 0.2) is 59.6 Å². The molecule has 2 aromatic carbocycles. The lowest BCUT2D eigenvalue weighted by Crippen LogP contribution is -2.18. The number of aromatic amines is 1. The monoisotopic (exact) mass is 537 g/mol. The number of pyridine rings is 1. The van der Waals surface area contributed by atoms with Crippen molar-refractivity contribution in [2.45, 2.75) is 42.9 Å². The Kier molecular flexibility index (Phi) is 7.16. The number of nitrogens with one attached hydrogen (secondary N) is 1. The van der Waals surface area contributed by atoms with Crippen LogP contribution in [0, 0.1) is 5.92 Å². The second kappa shape index (κ2) is 10.4. The van der Waals surface area contributed by atoms with Crippen molar-refractivity contribution < 1.29 is 18.3 Å². The molecule has 1 aliphatic carbocycles. The molecule has 0 bridgehead atoms. The highest BCUT2D eigenvalue weighted by molar-refractivity contribution is 7.90. The van der Waals surface area contributed by atoms with Gasteiger partial charge in [0.25, 0.3) is 0 Å². The van der Waals surface area contributed by atoms with Crippen molar-refractivity contribution in [3.63, 3.8) is 0 Å². The van der Waals surface area contributed by atoms with Gasteiger partial charge < -0.3 is 10.1 Å². The zero-order chi connectivity index (χ0) is 26.2. The van der Waals surface area contributed by atoms with Crippen LogP contribution in [0.4, 0.5) is 0 Å². The lowest BCUT2D eigenvalue weighted by atomic mass is 9.77. The number of halogens is 1. The van der Waals surface area contributed by atoms with Crippen molar-refractivity contribution in [2.24, 2.45) is 5.92 Å². The third-order valence-corrected chi connectivity index (χ3v) is 8.63. The summed E-state index contributed by atoms with van der Waals surface area (Å²) in [5, 5.41) is 9.48. The van der Waals surface area contributed by atoms with Crippen molar-refractivity contribution in [1.82, 2.24) is 15.0 Å². The molecular formula is C28H28ClN3O4S. The Morgan fingerprint density at radius 3 is 2.46 bits per heavy atom. The van der Waals surface area contributed by atoms with Crippen LogP contribution in [0.25, 0.3) is 33.7 Å². The number of carbonyl (C=O) groups excluding carboxylic acids is 1. The first-order valence-corrected chi connectivity index (χ1v) is 14.6. The molecule has 0 saturated heterocycles. The van der Waals surface area contributed by atoms with Crippen LogP contribution in [-0.4, -0.2) is 47.1 Å². The van der Waals surface area contributed by atoms with Crippen molar-refractivity contribution in [1.29, 1.82) is 0 Å². The van der Waals surface area contributed by atoms with Gasteiger partial charge in [-0.25, -0.2) is 13.4 Å². The average Bonchev–Trinajstić information content (AvgIpc) is 3.32. The number of imidazole rings is 1. The van der Waals surface area contributed by atoms with E-state index in [0.717, 1.165) is 36.9 Å². The molecule has 2 aromatic heterocycles. The fourth-order valence-electron chi connectivity index (χ4n) is 5.12. The first-order valence-electron chi connectivity index (χ1n) is 12.3. The fraction of sp³-hybridized carbons (Fsp3) is 0.321. The number of hydrogen-bond donors (Lipinski definition) is 2. The minimum absolute atomic E-state index is 0.0635. The summed E-state index contributed by atoms with van der Waals surface area (Å²) >= 11 is 6.62. The fourth-order valence-corrected chi connectivity index (χ4v) is 6.01. The van der Waals surface area contributed by atoms with Gasteiger partial charge in [-0.05, 0) is 67.3 Å². The van der Waals surface area contributed by atoms with Gasteiger partial charge in [0.2, 0.25) is 0 Å². The van der Waals surface area contributed by atoms with E-state index in [1.165, 1.54) is 11.8 Å². The van der Waals surface area contributed by atoms with Crippen molar-refractivity contribution >= 4 is 38.3 Å². The molecule has 37 heavy (non-hydrogen) atoms. The summed E-state index contributed by atoms with van der Waals surface area (Å²) in [5.74, 6) is 1.32. The highest BCUT2D eigenvalue weighted by Crippen LogP contribution is 2.38. The number of ketones is 1. The molecule has 1 fully saturated rings. The van der Waals surface area contributed by atoms with Crippen LogP contribution < -0.4 is 0 Å². The van der Waals surface area contributed by atoms with E-state index in [1.54, 1.807) is 24.4 Å². The van der Waals surface area contributed by atoms with E-state index in [2.05, 4.69) is 39.2 Å². The third kappa shape index (κ3) is 5.61. The number of benzene rings is 2. The predicted octanol–water partition coefficient (Wildman–Crippen LogP) is 5.57. The first-order chi connectivity index (χ1) is 17.7. The first kappa shape index (κ1) is 25.6. The summed E-state index contributed by atoms with van der Waals surface area (Å²) in [6.07, 6.45) is 7.44.